The number of hydrogen-bond acceptors (Lipinski definition) is 7. The summed E-state index contributed by atoms with van der Waals surface area (Å²) in [6.45, 7) is 7.61. The van der Waals surface area contributed by atoms with E-state index in [9.17, 15) is 4.79 Å². The van der Waals surface area contributed by atoms with E-state index >= 15 is 0 Å². The van der Waals surface area contributed by atoms with Crippen molar-refractivity contribution in [1.82, 2.24) is 19.7 Å². The summed E-state index contributed by atoms with van der Waals surface area (Å²) in [5.74, 6) is 1.45. The zero-order valence-electron chi connectivity index (χ0n) is 20.8. The van der Waals surface area contributed by atoms with Crippen LogP contribution in [0.2, 0.25) is 0 Å². The van der Waals surface area contributed by atoms with Crippen LogP contribution in [-0.2, 0) is 12.0 Å². The minimum Gasteiger partial charge on any atom is -0.444 e. The van der Waals surface area contributed by atoms with Crippen molar-refractivity contribution in [1.29, 1.82) is 0 Å². The van der Waals surface area contributed by atoms with Crippen LogP contribution >= 0.6 is 0 Å². The molecule has 3 heterocycles. The third kappa shape index (κ3) is 5.31. The Morgan fingerprint density at radius 2 is 1.97 bits per heavy atom. The van der Waals surface area contributed by atoms with Gasteiger partial charge >= 0.3 is 0 Å². The maximum Gasteiger partial charge on any atom is 0.277 e. The highest BCUT2D eigenvalue weighted by Gasteiger charge is 2.21. The fraction of sp³-hybridized carbons (Fsp3) is 0.333. The topological polar surface area (TPSA) is 124 Å². The van der Waals surface area contributed by atoms with E-state index in [0.717, 1.165) is 29.5 Å². The largest absolute Gasteiger partial charge is 0.444 e. The standard InChI is InChI=1S/C27H31N7O2/c1-27(2,3)19-6-8-20(9-7-19)34-15-22(21(13-28)33-34)31-25(35)23-16-36-26(32-23)18-10-11-29-24(12-18)30-14-17-4-5-17/h6-12,15-17H,4-5,13-14,28H2,1-3H3,(H,29,30)(H,31,35). The molecule has 0 aliphatic heterocycles. The second-order valence-corrected chi connectivity index (χ2v) is 10.2. The average molecular weight is 486 g/mol. The SMILES string of the molecule is CC(C)(C)c1ccc(-n2cc(NC(=O)c3coc(-c4ccnc(NCC5CC5)c4)n3)c(CN)n2)cc1. The van der Waals surface area contributed by atoms with Gasteiger partial charge in [-0.1, -0.05) is 32.9 Å². The summed E-state index contributed by atoms with van der Waals surface area (Å²) >= 11 is 0. The van der Waals surface area contributed by atoms with Crippen molar-refractivity contribution in [2.75, 3.05) is 17.2 Å². The third-order valence-corrected chi connectivity index (χ3v) is 6.24. The minimum absolute atomic E-state index is 0.0611. The number of anilines is 2. The first kappa shape index (κ1) is 23.7. The lowest BCUT2D eigenvalue weighted by Gasteiger charge is -2.19. The quantitative estimate of drug-likeness (QED) is 0.329. The Morgan fingerprint density at radius 3 is 2.67 bits per heavy atom. The van der Waals surface area contributed by atoms with Gasteiger partial charge in [-0.25, -0.2) is 14.6 Å². The van der Waals surface area contributed by atoms with Gasteiger partial charge in [0.2, 0.25) is 5.89 Å². The molecule has 0 spiro atoms. The number of aromatic nitrogens is 4. The van der Waals surface area contributed by atoms with Gasteiger partial charge in [0, 0.05) is 24.8 Å². The second-order valence-electron chi connectivity index (χ2n) is 10.2. The van der Waals surface area contributed by atoms with Gasteiger partial charge in [-0.2, -0.15) is 5.10 Å². The van der Waals surface area contributed by atoms with Gasteiger partial charge in [-0.05, 0) is 54.0 Å². The van der Waals surface area contributed by atoms with Gasteiger partial charge in [0.15, 0.2) is 5.69 Å². The lowest BCUT2D eigenvalue weighted by atomic mass is 9.87. The molecule has 36 heavy (non-hydrogen) atoms. The molecule has 9 nitrogen and oxygen atoms in total. The van der Waals surface area contributed by atoms with Crippen molar-refractivity contribution in [3.63, 3.8) is 0 Å². The number of pyridine rings is 1. The number of amides is 1. The average Bonchev–Trinajstić information content (AvgIpc) is 3.40. The van der Waals surface area contributed by atoms with Gasteiger partial charge in [0.25, 0.3) is 5.91 Å². The Kier molecular flexibility index (Phi) is 6.32. The number of rotatable bonds is 8. The third-order valence-electron chi connectivity index (χ3n) is 6.24. The smallest absolute Gasteiger partial charge is 0.277 e. The molecule has 5 rings (SSSR count). The Bertz CT molecular complexity index is 1360. The molecule has 186 valence electrons. The van der Waals surface area contributed by atoms with Gasteiger partial charge in [0.05, 0.1) is 23.3 Å². The molecule has 1 aromatic carbocycles. The number of hydrogen-bond donors (Lipinski definition) is 3. The van der Waals surface area contributed by atoms with E-state index in [1.807, 2.05) is 18.2 Å². The van der Waals surface area contributed by atoms with E-state index in [2.05, 4.69) is 58.6 Å². The van der Waals surface area contributed by atoms with E-state index in [1.54, 1.807) is 23.1 Å². The van der Waals surface area contributed by atoms with Gasteiger partial charge in [0.1, 0.15) is 12.1 Å². The molecule has 0 saturated heterocycles. The number of benzene rings is 1. The molecule has 1 amide bonds. The van der Waals surface area contributed by atoms with E-state index in [-0.39, 0.29) is 17.7 Å². The van der Waals surface area contributed by atoms with Crippen LogP contribution in [0.25, 0.3) is 17.1 Å². The van der Waals surface area contributed by atoms with Crippen LogP contribution in [0.3, 0.4) is 0 Å². The van der Waals surface area contributed by atoms with Crippen LogP contribution in [0, 0.1) is 5.92 Å². The molecule has 1 fully saturated rings. The summed E-state index contributed by atoms with van der Waals surface area (Å²) in [5.41, 5.74) is 10.1. The Balaban J connectivity index is 1.30. The summed E-state index contributed by atoms with van der Waals surface area (Å²) in [7, 11) is 0. The summed E-state index contributed by atoms with van der Waals surface area (Å²) in [6.07, 6.45) is 7.33. The molecule has 3 aromatic heterocycles. The number of oxazole rings is 1. The molecule has 0 bridgehead atoms. The summed E-state index contributed by atoms with van der Waals surface area (Å²) in [5, 5.41) is 10.8. The fourth-order valence-electron chi connectivity index (χ4n) is 3.84. The zero-order chi connectivity index (χ0) is 25.3. The summed E-state index contributed by atoms with van der Waals surface area (Å²) in [6, 6.07) is 11.9. The molecule has 0 unspecified atom stereocenters. The van der Waals surface area contributed by atoms with Crippen molar-refractivity contribution < 1.29 is 9.21 Å². The number of nitrogens with two attached hydrogens (primary N) is 1. The molecule has 4 N–H and O–H groups in total. The lowest BCUT2D eigenvalue weighted by Crippen LogP contribution is -2.14. The minimum atomic E-state index is -0.400. The van der Waals surface area contributed by atoms with Crippen molar-refractivity contribution in [2.24, 2.45) is 11.7 Å². The summed E-state index contributed by atoms with van der Waals surface area (Å²) < 4.78 is 7.31. The molecule has 0 atom stereocenters. The summed E-state index contributed by atoms with van der Waals surface area (Å²) in [4.78, 5) is 21.7. The van der Waals surface area contributed by atoms with Gasteiger partial charge in [-0.15, -0.1) is 0 Å². The second kappa shape index (κ2) is 9.58. The van der Waals surface area contributed by atoms with Crippen LogP contribution in [-0.4, -0.2) is 32.2 Å². The van der Waals surface area contributed by atoms with Crippen LogP contribution in [0.15, 0.2) is 59.5 Å². The molecule has 9 heteroatoms. The first-order valence-electron chi connectivity index (χ1n) is 12.2. The van der Waals surface area contributed by atoms with Crippen LogP contribution in [0.5, 0.6) is 0 Å². The molecular weight excluding hydrogens is 454 g/mol. The van der Waals surface area contributed by atoms with E-state index in [1.165, 1.54) is 24.7 Å². The van der Waals surface area contributed by atoms with Crippen molar-refractivity contribution in [3.05, 3.63) is 72.0 Å². The van der Waals surface area contributed by atoms with Crippen molar-refractivity contribution in [3.8, 4) is 17.1 Å². The van der Waals surface area contributed by atoms with Gasteiger partial charge in [-0.3, -0.25) is 4.79 Å². The number of carbonyl (C=O) groups excluding carboxylic acids is 1. The van der Waals surface area contributed by atoms with Gasteiger partial charge < -0.3 is 20.8 Å². The zero-order valence-corrected chi connectivity index (χ0v) is 20.8. The van der Waals surface area contributed by atoms with E-state index < -0.39 is 5.91 Å². The highest BCUT2D eigenvalue weighted by molar-refractivity contribution is 6.03. The van der Waals surface area contributed by atoms with E-state index in [4.69, 9.17) is 10.2 Å². The monoisotopic (exact) mass is 485 g/mol. The van der Waals surface area contributed by atoms with Crippen LogP contribution in [0.4, 0.5) is 11.5 Å². The lowest BCUT2D eigenvalue weighted by molar-refractivity contribution is 0.102. The first-order valence-corrected chi connectivity index (χ1v) is 12.2. The Labute approximate surface area is 210 Å². The predicted molar refractivity (Wildman–Crippen MR) is 139 cm³/mol. The molecule has 4 aromatic rings. The Morgan fingerprint density at radius 1 is 1.19 bits per heavy atom. The molecule has 1 saturated carbocycles. The number of nitrogens with one attached hydrogen (secondary N) is 2. The molecule has 1 aliphatic carbocycles. The van der Waals surface area contributed by atoms with E-state index in [0.29, 0.717) is 17.3 Å². The first-order chi connectivity index (χ1) is 17.3. The maximum atomic E-state index is 12.9. The molecule has 0 radical (unpaired) electrons. The van der Waals surface area contributed by atoms with Crippen molar-refractivity contribution in [2.45, 2.75) is 45.6 Å². The highest BCUT2D eigenvalue weighted by atomic mass is 16.3. The fourth-order valence-corrected chi connectivity index (χ4v) is 3.84. The molecular formula is C27H31N7O2. The highest BCUT2D eigenvalue weighted by Crippen LogP contribution is 2.29. The number of carbonyl (C=O) groups is 1. The normalized spacial score (nSPS) is 13.6. The maximum absolute atomic E-state index is 12.9. The Hall–Kier alpha value is -3.98. The van der Waals surface area contributed by atoms with Crippen molar-refractivity contribution >= 4 is 17.4 Å². The van der Waals surface area contributed by atoms with Crippen LogP contribution < -0.4 is 16.4 Å². The van der Waals surface area contributed by atoms with Crippen LogP contribution in [0.1, 0.15) is 55.4 Å². The number of nitrogens with zero attached hydrogens (tertiary/aromatic N) is 4. The predicted octanol–water partition coefficient (Wildman–Crippen LogP) is 4.75. The molecule has 1 aliphatic rings.